The molecule has 0 radical (unpaired) electrons. The fourth-order valence-corrected chi connectivity index (χ4v) is 8.88. The number of rotatable bonds is 10. The van der Waals surface area contributed by atoms with Crippen LogP contribution in [0, 0.1) is 11.7 Å². The highest BCUT2D eigenvalue weighted by Gasteiger charge is 2.49. The second kappa shape index (κ2) is 12.5. The van der Waals surface area contributed by atoms with Gasteiger partial charge in [0.1, 0.15) is 5.82 Å². The van der Waals surface area contributed by atoms with Crippen LogP contribution in [0.1, 0.15) is 44.1 Å². The van der Waals surface area contributed by atoms with Gasteiger partial charge in [-0.3, -0.25) is 9.59 Å². The molecule has 1 aliphatic carbocycles. The monoisotopic (exact) mass is 615 g/mol. The first-order valence-electron chi connectivity index (χ1n) is 12.9. The molecule has 4 rings (SSSR count). The summed E-state index contributed by atoms with van der Waals surface area (Å²) in [5.41, 5.74) is 0.444. The van der Waals surface area contributed by atoms with Crippen molar-refractivity contribution < 1.29 is 35.9 Å². The lowest BCUT2D eigenvalue weighted by molar-refractivity contribution is -0.138. The van der Waals surface area contributed by atoms with Crippen molar-refractivity contribution in [2.75, 3.05) is 13.1 Å². The van der Waals surface area contributed by atoms with E-state index in [2.05, 4.69) is 5.32 Å². The lowest BCUT2D eigenvalue weighted by Gasteiger charge is -2.33. The number of amides is 1. The number of sulfonamides is 2. The zero-order valence-electron chi connectivity index (χ0n) is 21.6. The molecule has 2 aliphatic rings. The first kappa shape index (κ1) is 30.4. The average Bonchev–Trinajstić information content (AvgIpc) is 3.38. The summed E-state index contributed by atoms with van der Waals surface area (Å²) in [6.45, 7) is -0.662. The van der Waals surface area contributed by atoms with E-state index in [1.54, 1.807) is 30.3 Å². The van der Waals surface area contributed by atoms with Crippen LogP contribution >= 0.6 is 11.6 Å². The number of carbonyl (C=O) groups is 2. The molecule has 2 N–H and O–H groups in total. The number of benzene rings is 2. The molecule has 0 spiro atoms. The fourth-order valence-electron chi connectivity index (χ4n) is 5.35. The second-order valence-corrected chi connectivity index (χ2v) is 14.2. The third kappa shape index (κ3) is 6.82. The molecule has 2 fully saturated rings. The van der Waals surface area contributed by atoms with Gasteiger partial charge in [-0.1, -0.05) is 61.2 Å². The zero-order chi connectivity index (χ0) is 29.1. The van der Waals surface area contributed by atoms with E-state index < -0.39 is 65.6 Å². The van der Waals surface area contributed by atoms with Gasteiger partial charge in [-0.05, 0) is 42.5 Å². The minimum Gasteiger partial charge on any atom is -0.481 e. The maximum atomic E-state index is 13.8. The molecule has 10 nitrogen and oxygen atoms in total. The molecule has 40 heavy (non-hydrogen) atoms. The van der Waals surface area contributed by atoms with Gasteiger partial charge in [0.15, 0.2) is 6.17 Å². The van der Waals surface area contributed by atoms with Crippen molar-refractivity contribution in [3.63, 3.8) is 0 Å². The summed E-state index contributed by atoms with van der Waals surface area (Å²) in [5, 5.41) is 11.7. The van der Waals surface area contributed by atoms with Crippen molar-refractivity contribution in [1.29, 1.82) is 0 Å². The van der Waals surface area contributed by atoms with Crippen LogP contribution < -0.4 is 5.32 Å². The highest BCUT2D eigenvalue weighted by Crippen LogP contribution is 2.32. The van der Waals surface area contributed by atoms with Crippen molar-refractivity contribution in [2.24, 2.45) is 5.92 Å². The summed E-state index contributed by atoms with van der Waals surface area (Å²) in [5.74, 6) is -3.54. The van der Waals surface area contributed by atoms with Crippen LogP contribution in [0.4, 0.5) is 4.39 Å². The van der Waals surface area contributed by atoms with Crippen LogP contribution in [0.25, 0.3) is 0 Å². The van der Waals surface area contributed by atoms with Crippen molar-refractivity contribution in [1.82, 2.24) is 13.9 Å². The first-order chi connectivity index (χ1) is 18.9. The third-order valence-corrected chi connectivity index (χ3v) is 11.2. The van der Waals surface area contributed by atoms with E-state index in [0.717, 1.165) is 46.1 Å². The number of carboxylic acid groups (broad SMARTS) is 1. The Balaban J connectivity index is 1.71. The van der Waals surface area contributed by atoms with E-state index in [9.17, 15) is 35.9 Å². The summed E-state index contributed by atoms with van der Waals surface area (Å²) in [6.07, 6.45) is 1.89. The van der Waals surface area contributed by atoms with Crippen molar-refractivity contribution in [3.05, 3.63) is 64.9 Å². The Hall–Kier alpha value is -2.58. The number of aliphatic carboxylic acids is 1. The summed E-state index contributed by atoms with van der Waals surface area (Å²) in [7, 11) is -8.74. The lowest BCUT2D eigenvalue weighted by Crippen LogP contribution is -2.56. The van der Waals surface area contributed by atoms with Crippen LogP contribution in [-0.2, 0) is 35.4 Å². The Labute approximate surface area is 238 Å². The van der Waals surface area contributed by atoms with Gasteiger partial charge in [-0.25, -0.2) is 21.2 Å². The standard InChI is InChI=1S/C26H31ClFN3O7S2/c27-21-15-20(11-12-22(21)28)40(37,38)31-14-13-30(39(35,36)17-18-7-3-1-4-8-18)26(31)25(34)29-23(16-24(32)33)19-9-5-2-6-10-19/h1,3-4,7-8,11-12,15,19,23,26H,2,5-6,9-10,13-14,16-17H2,(H,29,34)(H,32,33). The Morgan fingerprint density at radius 2 is 1.65 bits per heavy atom. The Morgan fingerprint density at radius 1 is 1.00 bits per heavy atom. The number of carbonyl (C=O) groups excluding carboxylic acids is 1. The number of nitrogens with zero attached hydrogens (tertiary/aromatic N) is 2. The van der Waals surface area contributed by atoms with Gasteiger partial charge < -0.3 is 10.4 Å². The number of carboxylic acids is 1. The summed E-state index contributed by atoms with van der Waals surface area (Å²) in [6, 6.07) is 10.2. The molecule has 1 amide bonds. The van der Waals surface area contributed by atoms with Gasteiger partial charge in [0.05, 0.1) is 22.1 Å². The summed E-state index contributed by atoms with van der Waals surface area (Å²) >= 11 is 5.82. The molecule has 1 aliphatic heterocycles. The molecule has 1 heterocycles. The smallest absolute Gasteiger partial charge is 0.305 e. The van der Waals surface area contributed by atoms with Crippen LogP contribution in [0.15, 0.2) is 53.4 Å². The molecule has 14 heteroatoms. The van der Waals surface area contributed by atoms with E-state index in [0.29, 0.717) is 18.4 Å². The van der Waals surface area contributed by atoms with Crippen LogP contribution in [0.3, 0.4) is 0 Å². The molecular formula is C26H31ClFN3O7S2. The third-order valence-electron chi connectivity index (χ3n) is 7.31. The SMILES string of the molecule is O=C(O)CC(NC(=O)C1N(S(=O)(=O)Cc2ccccc2)CCN1S(=O)(=O)c1ccc(F)c(Cl)c1)C1CCCCC1. The lowest BCUT2D eigenvalue weighted by atomic mass is 9.82. The van der Waals surface area contributed by atoms with E-state index in [1.807, 2.05) is 0 Å². The average molecular weight is 616 g/mol. The second-order valence-electron chi connectivity index (χ2n) is 10.0. The van der Waals surface area contributed by atoms with Gasteiger partial charge in [0.25, 0.3) is 5.91 Å². The molecule has 218 valence electrons. The highest BCUT2D eigenvalue weighted by atomic mass is 35.5. The zero-order valence-corrected chi connectivity index (χ0v) is 24.0. The number of nitrogens with one attached hydrogen (secondary N) is 1. The number of hydrogen-bond donors (Lipinski definition) is 2. The molecule has 2 aromatic carbocycles. The minimum atomic E-state index is -4.52. The van der Waals surface area contributed by atoms with Crippen LogP contribution in [0.5, 0.6) is 0 Å². The van der Waals surface area contributed by atoms with Crippen LogP contribution in [-0.4, -0.2) is 67.7 Å². The predicted molar refractivity (Wildman–Crippen MR) is 146 cm³/mol. The summed E-state index contributed by atoms with van der Waals surface area (Å²) in [4.78, 5) is 25.0. The largest absolute Gasteiger partial charge is 0.481 e. The van der Waals surface area contributed by atoms with E-state index >= 15 is 0 Å². The Kier molecular flexibility index (Phi) is 9.51. The number of hydrogen-bond acceptors (Lipinski definition) is 6. The summed E-state index contributed by atoms with van der Waals surface area (Å²) < 4.78 is 69.8. The highest BCUT2D eigenvalue weighted by molar-refractivity contribution is 7.89. The molecule has 2 atom stereocenters. The number of halogens is 2. The molecule has 2 unspecified atom stereocenters. The molecule has 1 saturated carbocycles. The van der Waals surface area contributed by atoms with E-state index in [-0.39, 0.29) is 25.4 Å². The molecular weight excluding hydrogens is 585 g/mol. The topological polar surface area (TPSA) is 141 Å². The predicted octanol–water partition coefficient (Wildman–Crippen LogP) is 3.18. The fraction of sp³-hybridized carbons (Fsp3) is 0.462. The van der Waals surface area contributed by atoms with Crippen molar-refractivity contribution in [2.45, 2.75) is 61.4 Å². The van der Waals surface area contributed by atoms with Crippen LogP contribution in [0.2, 0.25) is 5.02 Å². The molecule has 0 aromatic heterocycles. The van der Waals surface area contributed by atoms with Gasteiger partial charge in [-0.2, -0.15) is 8.61 Å². The van der Waals surface area contributed by atoms with E-state index in [1.165, 1.54) is 0 Å². The van der Waals surface area contributed by atoms with Gasteiger partial charge in [0.2, 0.25) is 20.0 Å². The normalized spacial score (nSPS) is 20.3. The minimum absolute atomic E-state index is 0.148. The maximum Gasteiger partial charge on any atom is 0.305 e. The van der Waals surface area contributed by atoms with E-state index in [4.69, 9.17) is 11.6 Å². The maximum absolute atomic E-state index is 13.8. The molecule has 2 aromatic rings. The van der Waals surface area contributed by atoms with Gasteiger partial charge in [0, 0.05) is 19.1 Å². The first-order valence-corrected chi connectivity index (χ1v) is 16.4. The Morgan fingerprint density at radius 3 is 2.27 bits per heavy atom. The van der Waals surface area contributed by atoms with Crippen molar-refractivity contribution in [3.8, 4) is 0 Å². The quantitative estimate of drug-likeness (QED) is 0.418. The van der Waals surface area contributed by atoms with Crippen molar-refractivity contribution >= 4 is 43.5 Å². The van der Waals surface area contributed by atoms with Gasteiger partial charge in [-0.15, -0.1) is 0 Å². The molecule has 0 bridgehead atoms. The molecule has 1 saturated heterocycles. The van der Waals surface area contributed by atoms with Gasteiger partial charge >= 0.3 is 5.97 Å². The Bertz CT molecular complexity index is 1450.